The first kappa shape index (κ1) is 27.9. The van der Waals surface area contributed by atoms with Crippen LogP contribution in [-0.2, 0) is 9.53 Å². The van der Waals surface area contributed by atoms with Crippen molar-refractivity contribution in [3.63, 3.8) is 0 Å². The van der Waals surface area contributed by atoms with Crippen LogP contribution in [0.15, 0.2) is 35.3 Å². The highest BCUT2D eigenvalue weighted by Gasteiger charge is 2.34. The first-order chi connectivity index (χ1) is 15.4. The molecule has 2 aliphatic heterocycles. The van der Waals surface area contributed by atoms with E-state index in [1.54, 1.807) is 0 Å². The van der Waals surface area contributed by atoms with Gasteiger partial charge in [-0.05, 0) is 38.7 Å². The van der Waals surface area contributed by atoms with Gasteiger partial charge in [-0.1, -0.05) is 44.2 Å². The molecule has 8 heteroatoms. The summed E-state index contributed by atoms with van der Waals surface area (Å²) in [5, 5.41) is 10.8. The fraction of sp³-hybridized carbons (Fsp3) is 0.680. The molecule has 1 aromatic rings. The van der Waals surface area contributed by atoms with Gasteiger partial charge in [-0.3, -0.25) is 9.79 Å². The second-order valence-corrected chi connectivity index (χ2v) is 9.43. The summed E-state index contributed by atoms with van der Waals surface area (Å²) in [5.74, 6) is 1.11. The van der Waals surface area contributed by atoms with Crippen molar-refractivity contribution in [1.29, 1.82) is 0 Å². The number of carbonyl (C=O) groups excluding carboxylic acids is 1. The lowest BCUT2D eigenvalue weighted by molar-refractivity contribution is -0.133. The number of amides is 1. The maximum atomic E-state index is 12.3. The number of halogens is 1. The topological polar surface area (TPSA) is 78.0 Å². The highest BCUT2D eigenvalue weighted by Crippen LogP contribution is 2.26. The van der Waals surface area contributed by atoms with E-state index in [0.29, 0.717) is 6.54 Å². The van der Waals surface area contributed by atoms with Crippen molar-refractivity contribution in [2.24, 2.45) is 10.9 Å². The van der Waals surface area contributed by atoms with Gasteiger partial charge < -0.3 is 25.6 Å². The van der Waals surface area contributed by atoms with Crippen molar-refractivity contribution in [3.05, 3.63) is 35.9 Å². The lowest BCUT2D eigenvalue weighted by Gasteiger charge is -2.39. The van der Waals surface area contributed by atoms with Crippen LogP contribution in [0.1, 0.15) is 58.6 Å². The average Bonchev–Trinajstić information content (AvgIpc) is 3.26. The van der Waals surface area contributed by atoms with E-state index in [1.807, 2.05) is 18.7 Å². The van der Waals surface area contributed by atoms with Crippen molar-refractivity contribution < 1.29 is 9.53 Å². The van der Waals surface area contributed by atoms with Gasteiger partial charge >= 0.3 is 0 Å². The van der Waals surface area contributed by atoms with E-state index in [1.165, 1.54) is 5.56 Å². The van der Waals surface area contributed by atoms with Gasteiger partial charge in [-0.2, -0.15) is 0 Å². The summed E-state index contributed by atoms with van der Waals surface area (Å²) in [6.45, 7) is 12.8. The third-order valence-electron chi connectivity index (χ3n) is 6.49. The molecule has 33 heavy (non-hydrogen) atoms. The molecule has 2 fully saturated rings. The summed E-state index contributed by atoms with van der Waals surface area (Å²) in [5.41, 5.74) is 1.19. The molecule has 3 rings (SSSR count). The third-order valence-corrected chi connectivity index (χ3v) is 6.49. The van der Waals surface area contributed by atoms with Gasteiger partial charge in [0, 0.05) is 56.4 Å². The Hall–Kier alpha value is -1.39. The number of aliphatic imine (C=N–C) groups is 1. The summed E-state index contributed by atoms with van der Waals surface area (Å²) in [6.07, 6.45) is 2.82. The standard InChI is InChI=1S/C25H41N5O2.HI/c1-5-26-24(28-22-11-14-30(17-22)23(31)19(2)3)27-18-25(12-15-32-16-13-25)29-20(4)21-9-7-6-8-10-21;/h6-10,19-20,22,29H,5,11-18H2,1-4H3,(H2,26,27,28);1H. The lowest BCUT2D eigenvalue weighted by Crippen LogP contribution is -2.53. The molecule has 7 nitrogen and oxygen atoms in total. The van der Waals surface area contributed by atoms with Crippen LogP contribution >= 0.6 is 24.0 Å². The van der Waals surface area contributed by atoms with Crippen LogP contribution in [0.4, 0.5) is 0 Å². The molecular weight excluding hydrogens is 529 g/mol. The molecule has 0 saturated carbocycles. The Kier molecular flexibility index (Phi) is 11.4. The molecule has 1 amide bonds. The molecule has 3 N–H and O–H groups in total. The fourth-order valence-corrected chi connectivity index (χ4v) is 4.58. The Labute approximate surface area is 216 Å². The highest BCUT2D eigenvalue weighted by atomic mass is 127. The molecule has 186 valence electrons. The van der Waals surface area contributed by atoms with Crippen molar-refractivity contribution in [2.75, 3.05) is 39.4 Å². The van der Waals surface area contributed by atoms with Crippen LogP contribution in [0.3, 0.4) is 0 Å². The second-order valence-electron chi connectivity index (χ2n) is 9.43. The molecule has 0 radical (unpaired) electrons. The van der Waals surface area contributed by atoms with Crippen molar-refractivity contribution in [3.8, 4) is 0 Å². The van der Waals surface area contributed by atoms with Crippen LogP contribution in [0, 0.1) is 5.92 Å². The summed E-state index contributed by atoms with van der Waals surface area (Å²) in [7, 11) is 0. The molecule has 0 spiro atoms. The number of likely N-dealkylation sites (tertiary alicyclic amines) is 1. The van der Waals surface area contributed by atoms with Gasteiger partial charge in [-0.25, -0.2) is 0 Å². The van der Waals surface area contributed by atoms with E-state index in [-0.39, 0.29) is 53.4 Å². The Bertz CT molecular complexity index is 752. The normalized spacial score (nSPS) is 21.4. The zero-order chi connectivity index (χ0) is 23.0. The number of ether oxygens (including phenoxy) is 1. The van der Waals surface area contributed by atoms with E-state index < -0.39 is 0 Å². The first-order valence-electron chi connectivity index (χ1n) is 12.2. The van der Waals surface area contributed by atoms with E-state index >= 15 is 0 Å². The molecular formula is C25H42IN5O2. The predicted molar refractivity (Wildman–Crippen MR) is 145 cm³/mol. The Morgan fingerprint density at radius 2 is 1.91 bits per heavy atom. The summed E-state index contributed by atoms with van der Waals surface area (Å²) in [6, 6.07) is 11.0. The van der Waals surface area contributed by atoms with Gasteiger partial charge in [0.05, 0.1) is 6.54 Å². The minimum Gasteiger partial charge on any atom is -0.381 e. The van der Waals surface area contributed by atoms with Gasteiger partial charge in [0.2, 0.25) is 5.91 Å². The summed E-state index contributed by atoms with van der Waals surface area (Å²) >= 11 is 0. The van der Waals surface area contributed by atoms with Crippen LogP contribution in [0.2, 0.25) is 0 Å². The maximum Gasteiger partial charge on any atom is 0.225 e. The Morgan fingerprint density at radius 3 is 2.55 bits per heavy atom. The van der Waals surface area contributed by atoms with E-state index in [0.717, 1.165) is 58.1 Å². The number of nitrogens with zero attached hydrogens (tertiary/aromatic N) is 2. The number of hydrogen-bond acceptors (Lipinski definition) is 4. The number of guanidine groups is 1. The van der Waals surface area contributed by atoms with E-state index in [4.69, 9.17) is 9.73 Å². The van der Waals surface area contributed by atoms with Gasteiger partial charge in [0.15, 0.2) is 5.96 Å². The maximum absolute atomic E-state index is 12.3. The average molecular weight is 572 g/mol. The van der Waals surface area contributed by atoms with Crippen LogP contribution < -0.4 is 16.0 Å². The number of rotatable bonds is 8. The van der Waals surface area contributed by atoms with Crippen LogP contribution in [-0.4, -0.2) is 67.7 Å². The molecule has 0 bridgehead atoms. The Morgan fingerprint density at radius 1 is 1.21 bits per heavy atom. The minimum absolute atomic E-state index is 0. The molecule has 1 aromatic carbocycles. The van der Waals surface area contributed by atoms with Gasteiger partial charge in [0.25, 0.3) is 0 Å². The zero-order valence-electron chi connectivity index (χ0n) is 20.6. The van der Waals surface area contributed by atoms with E-state index in [2.05, 4.69) is 60.1 Å². The number of benzene rings is 1. The quantitative estimate of drug-likeness (QED) is 0.254. The number of carbonyl (C=O) groups is 1. The molecule has 2 heterocycles. The third kappa shape index (κ3) is 8.10. The largest absolute Gasteiger partial charge is 0.381 e. The van der Waals surface area contributed by atoms with Crippen molar-refractivity contribution >= 4 is 35.8 Å². The molecule has 2 aliphatic rings. The van der Waals surface area contributed by atoms with Crippen LogP contribution in [0.5, 0.6) is 0 Å². The lowest BCUT2D eigenvalue weighted by atomic mass is 9.88. The summed E-state index contributed by atoms with van der Waals surface area (Å²) in [4.78, 5) is 19.3. The number of hydrogen-bond donors (Lipinski definition) is 3. The monoisotopic (exact) mass is 571 g/mol. The smallest absolute Gasteiger partial charge is 0.225 e. The first-order valence-corrected chi connectivity index (χ1v) is 12.2. The van der Waals surface area contributed by atoms with Crippen molar-refractivity contribution in [2.45, 2.75) is 64.6 Å². The Balaban J connectivity index is 0.00000385. The predicted octanol–water partition coefficient (Wildman–Crippen LogP) is 3.32. The summed E-state index contributed by atoms with van der Waals surface area (Å²) < 4.78 is 5.67. The molecule has 0 aromatic heterocycles. The minimum atomic E-state index is -0.0921. The SMILES string of the molecule is CCNC(=NCC1(NC(C)c2ccccc2)CCOCC1)NC1CCN(C(=O)C(C)C)C1.I. The number of nitrogens with one attached hydrogen (secondary N) is 3. The molecule has 2 atom stereocenters. The van der Waals surface area contributed by atoms with Crippen molar-refractivity contribution in [1.82, 2.24) is 20.9 Å². The van der Waals surface area contributed by atoms with Gasteiger partial charge in [-0.15, -0.1) is 24.0 Å². The van der Waals surface area contributed by atoms with Gasteiger partial charge in [0.1, 0.15) is 0 Å². The molecule has 0 aliphatic carbocycles. The molecule has 2 unspecified atom stereocenters. The molecule has 2 saturated heterocycles. The van der Waals surface area contributed by atoms with E-state index in [9.17, 15) is 4.79 Å². The second kappa shape index (κ2) is 13.5. The fourth-order valence-electron chi connectivity index (χ4n) is 4.58. The van der Waals surface area contributed by atoms with Crippen LogP contribution in [0.25, 0.3) is 0 Å². The zero-order valence-corrected chi connectivity index (χ0v) is 22.9. The highest BCUT2D eigenvalue weighted by molar-refractivity contribution is 14.0.